The third kappa shape index (κ3) is 4.69. The van der Waals surface area contributed by atoms with Gasteiger partial charge in [0.2, 0.25) is 6.33 Å². The van der Waals surface area contributed by atoms with Crippen LogP contribution in [0.15, 0.2) is 18.7 Å². The van der Waals surface area contributed by atoms with Crippen LogP contribution in [0, 0.1) is 0 Å². The zero-order valence-electron chi connectivity index (χ0n) is 18.5. The highest BCUT2D eigenvalue weighted by molar-refractivity contribution is 5.11. The SMILES string of the molecule is FC(F)(F)C(F)(F)C(F)(F)C(F)(F)C(F)(n1cc[n+](C(F)(C(F)(F)F)C(F)(F)C(F)(F)C(F)(F)C(F)(F)F)c1)C(F)(F)F. The predicted octanol–water partition coefficient (Wildman–Crippen LogP) is 8.08. The Morgan fingerprint density at radius 1 is 0.349 bits per heavy atom. The number of imidazole rings is 1. The second-order valence-corrected chi connectivity index (χ2v) is 7.91. The third-order valence-electron chi connectivity index (χ3n) is 5.22. The maximum Gasteiger partial charge on any atom is 0.471 e. The van der Waals surface area contributed by atoms with Crippen molar-refractivity contribution in [1.29, 1.82) is 0 Å². The van der Waals surface area contributed by atoms with Crippen molar-refractivity contribution in [3.8, 4) is 0 Å². The number of rotatable bonds is 8. The zero-order valence-corrected chi connectivity index (χ0v) is 18.5. The Labute approximate surface area is 215 Å². The van der Waals surface area contributed by atoms with Crippen LogP contribution in [-0.4, -0.2) is 64.8 Å². The van der Waals surface area contributed by atoms with Crippen molar-refractivity contribution >= 4 is 0 Å². The molecule has 0 fully saturated rings. The lowest BCUT2D eigenvalue weighted by Crippen LogP contribution is -2.78. The molecule has 0 saturated carbocycles. The Hall–Kier alpha value is -2.61. The van der Waals surface area contributed by atoms with Gasteiger partial charge in [0.15, 0.2) is 0 Å². The van der Waals surface area contributed by atoms with Gasteiger partial charge in [-0.15, -0.1) is 0 Å². The second-order valence-electron chi connectivity index (χ2n) is 7.91. The van der Waals surface area contributed by atoms with Crippen molar-refractivity contribution in [3.63, 3.8) is 0 Å². The molecule has 254 valence electrons. The molecule has 2 unspecified atom stereocenters. The summed E-state index contributed by atoms with van der Waals surface area (Å²) in [5.41, 5.74) is 0. The summed E-state index contributed by atoms with van der Waals surface area (Å²) in [6.45, 7) is 0. The van der Waals surface area contributed by atoms with Gasteiger partial charge in [0.25, 0.3) is 0 Å². The quantitative estimate of drug-likeness (QED) is 0.191. The molecule has 0 radical (unpaired) electrons. The summed E-state index contributed by atoms with van der Waals surface area (Å²) in [7, 11) is 0. The average molecular weight is 705 g/mol. The van der Waals surface area contributed by atoms with Crippen molar-refractivity contribution in [2.75, 3.05) is 0 Å². The Bertz CT molecular complexity index is 1070. The smallest absolute Gasteiger partial charge is 0.192 e. The Morgan fingerprint density at radius 3 is 0.953 bits per heavy atom. The summed E-state index contributed by atoms with van der Waals surface area (Å²) in [4.78, 5) is 0. The standard InChI is InChI=1S/C15H3F26N2/c16-4(17,8(24,25)12(30,31)32)6(20,21)10(28,14(36,37)38)42-1-2-43(3-42)11(29,15(39,40)41)7(22,23)5(18,19)9(26,27)13(33,34)35/h1-3H/q+1. The van der Waals surface area contributed by atoms with Crippen LogP contribution in [-0.2, 0) is 11.6 Å². The van der Waals surface area contributed by atoms with Crippen molar-refractivity contribution < 1.29 is 119 Å². The van der Waals surface area contributed by atoms with Gasteiger partial charge in [-0.3, -0.25) is 0 Å². The molecule has 2 atom stereocenters. The lowest BCUT2D eigenvalue weighted by atomic mass is 9.94. The molecule has 43 heavy (non-hydrogen) atoms. The van der Waals surface area contributed by atoms with Gasteiger partial charge in [-0.2, -0.15) is 123 Å². The highest BCUT2D eigenvalue weighted by Gasteiger charge is 2.95. The van der Waals surface area contributed by atoms with E-state index >= 15 is 0 Å². The molecular formula is C15H3F26N2+. The van der Waals surface area contributed by atoms with Gasteiger partial charge >= 0.3 is 71.8 Å². The molecule has 28 heteroatoms. The molecule has 1 aromatic rings. The van der Waals surface area contributed by atoms with Gasteiger partial charge < -0.3 is 0 Å². The zero-order chi connectivity index (χ0) is 35.3. The molecule has 0 spiro atoms. The van der Waals surface area contributed by atoms with Crippen molar-refractivity contribution in [1.82, 2.24) is 4.57 Å². The first-order valence-corrected chi connectivity index (χ1v) is 9.23. The van der Waals surface area contributed by atoms with Crippen LogP contribution < -0.4 is 4.57 Å². The minimum absolute atomic E-state index is 1.76. The molecule has 1 heterocycles. The number of hydrogen-bond acceptors (Lipinski definition) is 0. The van der Waals surface area contributed by atoms with E-state index in [0.29, 0.717) is 0 Å². The highest BCUT2D eigenvalue weighted by Crippen LogP contribution is 2.63. The molecule has 1 rings (SSSR count). The van der Waals surface area contributed by atoms with E-state index in [0.717, 1.165) is 0 Å². The normalized spacial score (nSPS) is 18.8. The van der Waals surface area contributed by atoms with Crippen molar-refractivity contribution in [3.05, 3.63) is 18.7 Å². The van der Waals surface area contributed by atoms with Gasteiger partial charge in [0.05, 0.1) is 0 Å². The predicted molar refractivity (Wildman–Crippen MR) is 76.7 cm³/mol. The summed E-state index contributed by atoms with van der Waals surface area (Å²) in [6.07, 6.45) is -38.1. The molecule has 2 nitrogen and oxygen atoms in total. The summed E-state index contributed by atoms with van der Waals surface area (Å²) in [5.74, 6) is -67.6. The Morgan fingerprint density at radius 2 is 0.674 bits per heavy atom. The third-order valence-corrected chi connectivity index (χ3v) is 5.22. The van der Waals surface area contributed by atoms with E-state index in [1.54, 1.807) is 0 Å². The first kappa shape index (κ1) is 38.4. The van der Waals surface area contributed by atoms with Gasteiger partial charge in [0, 0.05) is 0 Å². The number of aromatic nitrogens is 2. The summed E-state index contributed by atoms with van der Waals surface area (Å²) < 4.78 is 339. The van der Waals surface area contributed by atoms with E-state index in [1.807, 2.05) is 0 Å². The molecular weight excluding hydrogens is 702 g/mol. The maximum atomic E-state index is 14.7. The van der Waals surface area contributed by atoms with Crippen LogP contribution >= 0.6 is 0 Å². The number of alkyl halides is 26. The first-order chi connectivity index (χ1) is 18.2. The van der Waals surface area contributed by atoms with E-state index in [2.05, 4.69) is 0 Å². The summed E-state index contributed by atoms with van der Waals surface area (Å²) >= 11 is 0. The van der Waals surface area contributed by atoms with Crippen LogP contribution in [0.2, 0.25) is 0 Å². The van der Waals surface area contributed by atoms with Crippen molar-refractivity contribution in [2.24, 2.45) is 0 Å². The van der Waals surface area contributed by atoms with E-state index in [4.69, 9.17) is 0 Å². The summed E-state index contributed by atoms with van der Waals surface area (Å²) in [5, 5.41) is 0. The molecule has 0 saturated heterocycles. The molecule has 0 aliphatic carbocycles. The van der Waals surface area contributed by atoms with E-state index in [-0.39, 0.29) is 0 Å². The van der Waals surface area contributed by atoms with Crippen LogP contribution in [0.3, 0.4) is 0 Å². The minimum Gasteiger partial charge on any atom is -0.192 e. The average Bonchev–Trinajstić information content (AvgIpc) is 3.24. The molecule has 0 N–H and O–H groups in total. The van der Waals surface area contributed by atoms with E-state index < -0.39 is 99.7 Å². The van der Waals surface area contributed by atoms with Gasteiger partial charge in [0.1, 0.15) is 12.4 Å². The molecule has 1 aromatic heterocycles. The molecule has 0 aliphatic heterocycles. The Kier molecular flexibility index (Phi) is 8.44. The number of halogens is 26. The van der Waals surface area contributed by atoms with Crippen LogP contribution in [0.5, 0.6) is 0 Å². The lowest BCUT2D eigenvalue weighted by molar-refractivity contribution is -0.846. The fourth-order valence-corrected chi connectivity index (χ4v) is 2.86. The summed E-state index contributed by atoms with van der Waals surface area (Å²) in [6, 6.07) is 0. The molecule has 0 aliphatic rings. The minimum atomic E-state index is -8.68. The highest BCUT2D eigenvalue weighted by atomic mass is 19.4. The maximum absolute atomic E-state index is 14.7. The Balaban J connectivity index is 4.21. The fraction of sp³-hybridized carbons (Fsp3) is 0.800. The van der Waals surface area contributed by atoms with Gasteiger partial charge in [-0.05, 0) is 0 Å². The second kappa shape index (κ2) is 9.45. The molecule has 0 amide bonds. The topological polar surface area (TPSA) is 8.81 Å². The first-order valence-electron chi connectivity index (χ1n) is 9.23. The molecule has 0 aromatic carbocycles. The fourth-order valence-electron chi connectivity index (χ4n) is 2.86. The monoisotopic (exact) mass is 705 g/mol. The van der Waals surface area contributed by atoms with Crippen LogP contribution in [0.4, 0.5) is 114 Å². The number of hydrogen-bond donors (Lipinski definition) is 0. The van der Waals surface area contributed by atoms with Gasteiger partial charge in [-0.1, -0.05) is 0 Å². The number of nitrogens with zero attached hydrogens (tertiary/aromatic N) is 2. The lowest BCUT2D eigenvalue weighted by Gasteiger charge is -2.40. The van der Waals surface area contributed by atoms with E-state index in [1.165, 1.54) is 0 Å². The van der Waals surface area contributed by atoms with Crippen molar-refractivity contribution in [2.45, 2.75) is 71.8 Å². The largest absolute Gasteiger partial charge is 0.471 e. The van der Waals surface area contributed by atoms with Gasteiger partial charge in [-0.25, -0.2) is 0 Å². The van der Waals surface area contributed by atoms with Crippen LogP contribution in [0.25, 0.3) is 0 Å². The van der Waals surface area contributed by atoms with Crippen LogP contribution in [0.1, 0.15) is 0 Å². The van der Waals surface area contributed by atoms with E-state index in [9.17, 15) is 114 Å². The molecule has 0 bridgehead atoms.